The van der Waals surface area contributed by atoms with Gasteiger partial charge in [0.1, 0.15) is 0 Å². The molecule has 0 unspecified atom stereocenters. The van der Waals surface area contributed by atoms with E-state index in [-0.39, 0.29) is 0 Å². The predicted molar refractivity (Wildman–Crippen MR) is 60.3 cm³/mol. The Balaban J connectivity index is 3.71. The van der Waals surface area contributed by atoms with Gasteiger partial charge in [0.05, 0.1) is 0 Å². The second kappa shape index (κ2) is 7.40. The largest absolute Gasteiger partial charge is 0.500 e. The first kappa shape index (κ1) is 14.1. The quantitative estimate of drug-likeness (QED) is 0.465. The second-order valence-electron chi connectivity index (χ2n) is 3.94. The minimum Gasteiger partial charge on any atom is -0.377 e. The van der Waals surface area contributed by atoms with Crippen LogP contribution < -0.4 is 0 Å². The predicted octanol–water partition coefficient (Wildman–Crippen LogP) is 2.69. The Labute approximate surface area is 89.1 Å². The molecular weight excluding hydrogens is 196 g/mol. The maximum atomic E-state index is 5.34. The van der Waals surface area contributed by atoms with Crippen LogP contribution in [0.1, 0.15) is 33.1 Å². The summed E-state index contributed by atoms with van der Waals surface area (Å²) in [5, 5.41) is 0. The van der Waals surface area contributed by atoms with Crippen LogP contribution in [0.2, 0.25) is 6.04 Å². The summed E-state index contributed by atoms with van der Waals surface area (Å²) in [7, 11) is 2.72. The van der Waals surface area contributed by atoms with Gasteiger partial charge >= 0.3 is 8.80 Å². The smallest absolute Gasteiger partial charge is 0.377 e. The SMILES string of the molecule is CO[Si](CCCCC(C)C)(OC)OC. The summed E-state index contributed by atoms with van der Waals surface area (Å²) in [6, 6.07) is 0.920. The van der Waals surface area contributed by atoms with Crippen LogP contribution in [0.3, 0.4) is 0 Å². The Morgan fingerprint density at radius 2 is 1.43 bits per heavy atom. The molecule has 0 atom stereocenters. The number of unbranched alkanes of at least 4 members (excludes halogenated alkanes) is 1. The highest BCUT2D eigenvalue weighted by Gasteiger charge is 2.36. The van der Waals surface area contributed by atoms with Crippen molar-refractivity contribution < 1.29 is 13.3 Å². The molecule has 0 heterocycles. The van der Waals surface area contributed by atoms with E-state index in [9.17, 15) is 0 Å². The number of hydrogen-bond donors (Lipinski definition) is 0. The highest BCUT2D eigenvalue weighted by Crippen LogP contribution is 2.18. The summed E-state index contributed by atoms with van der Waals surface area (Å²) in [6.07, 6.45) is 3.62. The molecule has 0 saturated heterocycles. The fraction of sp³-hybridized carbons (Fsp3) is 1.00. The molecule has 0 fully saturated rings. The van der Waals surface area contributed by atoms with E-state index in [2.05, 4.69) is 13.8 Å². The topological polar surface area (TPSA) is 27.7 Å². The first-order valence-corrected chi connectivity index (χ1v) is 7.19. The van der Waals surface area contributed by atoms with Gasteiger partial charge in [0.2, 0.25) is 0 Å². The Morgan fingerprint density at radius 1 is 0.929 bits per heavy atom. The van der Waals surface area contributed by atoms with E-state index >= 15 is 0 Å². The molecule has 0 spiro atoms. The van der Waals surface area contributed by atoms with Crippen molar-refractivity contribution in [3.05, 3.63) is 0 Å². The zero-order valence-corrected chi connectivity index (χ0v) is 11.1. The van der Waals surface area contributed by atoms with E-state index in [1.54, 1.807) is 21.3 Å². The van der Waals surface area contributed by atoms with E-state index in [0.717, 1.165) is 18.4 Å². The molecule has 0 amide bonds. The van der Waals surface area contributed by atoms with Gasteiger partial charge in [-0.2, -0.15) is 0 Å². The van der Waals surface area contributed by atoms with Crippen molar-refractivity contribution in [2.45, 2.75) is 39.2 Å². The van der Waals surface area contributed by atoms with Gasteiger partial charge in [-0.1, -0.05) is 26.7 Å². The first-order valence-electron chi connectivity index (χ1n) is 5.25. The molecule has 0 aliphatic heterocycles. The third-order valence-corrected chi connectivity index (χ3v) is 5.28. The summed E-state index contributed by atoms with van der Waals surface area (Å²) >= 11 is 0. The molecule has 0 aromatic rings. The van der Waals surface area contributed by atoms with Crippen molar-refractivity contribution in [1.82, 2.24) is 0 Å². The summed E-state index contributed by atoms with van der Waals surface area (Å²) < 4.78 is 16.0. The molecule has 4 heteroatoms. The normalized spacial score (nSPS) is 12.4. The molecule has 0 aliphatic rings. The zero-order valence-electron chi connectivity index (χ0n) is 10.1. The minimum atomic E-state index is -2.29. The van der Waals surface area contributed by atoms with Crippen molar-refractivity contribution in [2.75, 3.05) is 21.3 Å². The lowest BCUT2D eigenvalue weighted by molar-refractivity contribution is 0.122. The average Bonchev–Trinajstić information content (AvgIpc) is 2.19. The summed E-state index contributed by atoms with van der Waals surface area (Å²) in [6.45, 7) is 4.49. The van der Waals surface area contributed by atoms with Crippen LogP contribution in [0.4, 0.5) is 0 Å². The van der Waals surface area contributed by atoms with Gasteiger partial charge in [0.25, 0.3) is 0 Å². The molecule has 0 aromatic carbocycles. The molecule has 0 radical (unpaired) electrons. The average molecular weight is 220 g/mol. The van der Waals surface area contributed by atoms with Crippen LogP contribution in [0.5, 0.6) is 0 Å². The Hall–Kier alpha value is 0.0969. The second-order valence-corrected chi connectivity index (χ2v) is 7.03. The molecular formula is C10H24O3Si. The van der Waals surface area contributed by atoms with Crippen molar-refractivity contribution in [1.29, 1.82) is 0 Å². The summed E-state index contributed by atoms with van der Waals surface area (Å²) in [4.78, 5) is 0. The van der Waals surface area contributed by atoms with Crippen molar-refractivity contribution in [2.24, 2.45) is 5.92 Å². The highest BCUT2D eigenvalue weighted by molar-refractivity contribution is 6.60. The number of rotatable bonds is 8. The lowest BCUT2D eigenvalue weighted by Crippen LogP contribution is -2.42. The molecule has 0 saturated carbocycles. The van der Waals surface area contributed by atoms with E-state index in [0.29, 0.717) is 0 Å². The minimum absolute atomic E-state index is 0.777. The Morgan fingerprint density at radius 3 is 1.79 bits per heavy atom. The molecule has 0 bridgehead atoms. The molecule has 0 aliphatic carbocycles. The van der Waals surface area contributed by atoms with Crippen LogP contribution in [-0.2, 0) is 13.3 Å². The van der Waals surface area contributed by atoms with Gasteiger partial charge in [0.15, 0.2) is 0 Å². The summed E-state index contributed by atoms with van der Waals surface area (Å²) in [5.74, 6) is 0.777. The first-order chi connectivity index (χ1) is 6.60. The molecule has 0 N–H and O–H groups in total. The summed E-state index contributed by atoms with van der Waals surface area (Å²) in [5.41, 5.74) is 0. The van der Waals surface area contributed by atoms with Crippen molar-refractivity contribution >= 4 is 8.80 Å². The highest BCUT2D eigenvalue weighted by atomic mass is 28.4. The molecule has 14 heavy (non-hydrogen) atoms. The van der Waals surface area contributed by atoms with Gasteiger partial charge in [0, 0.05) is 27.4 Å². The van der Waals surface area contributed by atoms with Crippen LogP contribution in [0.25, 0.3) is 0 Å². The van der Waals surface area contributed by atoms with Gasteiger partial charge in [-0.25, -0.2) is 0 Å². The zero-order chi connectivity index (χ0) is 11.0. The van der Waals surface area contributed by atoms with Gasteiger partial charge in [-0.15, -0.1) is 0 Å². The Kier molecular flexibility index (Phi) is 7.45. The van der Waals surface area contributed by atoms with Crippen LogP contribution in [0, 0.1) is 5.92 Å². The standard InChI is InChI=1S/C10H24O3Si/c1-10(2)8-6-7-9-14(11-3,12-4)13-5/h10H,6-9H2,1-5H3. The molecule has 0 rings (SSSR count). The van der Waals surface area contributed by atoms with Crippen molar-refractivity contribution in [3.63, 3.8) is 0 Å². The van der Waals surface area contributed by atoms with Crippen molar-refractivity contribution in [3.8, 4) is 0 Å². The van der Waals surface area contributed by atoms with Gasteiger partial charge in [-0.3, -0.25) is 0 Å². The third-order valence-electron chi connectivity index (χ3n) is 2.45. The Bertz CT molecular complexity index is 127. The molecule has 0 aromatic heterocycles. The third kappa shape index (κ3) is 5.10. The fourth-order valence-electron chi connectivity index (χ4n) is 1.45. The van der Waals surface area contributed by atoms with E-state index in [1.807, 2.05) is 0 Å². The monoisotopic (exact) mass is 220 g/mol. The van der Waals surface area contributed by atoms with Crippen LogP contribution in [-0.4, -0.2) is 30.1 Å². The van der Waals surface area contributed by atoms with Crippen LogP contribution >= 0.6 is 0 Å². The maximum absolute atomic E-state index is 5.34. The van der Waals surface area contributed by atoms with E-state index < -0.39 is 8.80 Å². The number of hydrogen-bond acceptors (Lipinski definition) is 3. The van der Waals surface area contributed by atoms with E-state index in [4.69, 9.17) is 13.3 Å². The van der Waals surface area contributed by atoms with Gasteiger partial charge in [-0.05, 0) is 12.3 Å². The van der Waals surface area contributed by atoms with E-state index in [1.165, 1.54) is 12.8 Å². The fourth-order valence-corrected chi connectivity index (χ4v) is 3.25. The van der Waals surface area contributed by atoms with Crippen LogP contribution in [0.15, 0.2) is 0 Å². The lowest BCUT2D eigenvalue weighted by Gasteiger charge is -2.24. The lowest BCUT2D eigenvalue weighted by atomic mass is 10.1. The maximum Gasteiger partial charge on any atom is 0.500 e. The molecule has 3 nitrogen and oxygen atoms in total. The molecule has 86 valence electrons. The van der Waals surface area contributed by atoms with Gasteiger partial charge < -0.3 is 13.3 Å².